The van der Waals surface area contributed by atoms with Gasteiger partial charge in [0.2, 0.25) is 0 Å². The molecule has 7 nitrogen and oxygen atoms in total. The lowest BCUT2D eigenvalue weighted by Crippen LogP contribution is -2.48. The normalized spacial score (nSPS) is 14.9. The summed E-state index contributed by atoms with van der Waals surface area (Å²) in [5.74, 6) is 0. The van der Waals surface area contributed by atoms with Crippen LogP contribution in [-0.2, 0) is 18.5 Å². The molecule has 0 bridgehead atoms. The Morgan fingerprint density at radius 2 is 1.50 bits per heavy atom. The van der Waals surface area contributed by atoms with Gasteiger partial charge >= 0.3 is 7.60 Å². The first-order chi connectivity index (χ1) is 8.90. The first-order valence-electron chi connectivity index (χ1n) is 6.63. The fraction of sp³-hybridized carbons (Fsp3) is 1.00. The zero-order valence-electron chi connectivity index (χ0n) is 13.3. The van der Waals surface area contributed by atoms with Crippen molar-refractivity contribution in [2.24, 2.45) is 5.41 Å². The van der Waals surface area contributed by atoms with Gasteiger partial charge in [-0.2, -0.15) is 0 Å². The van der Waals surface area contributed by atoms with E-state index in [1.807, 2.05) is 20.8 Å². The van der Waals surface area contributed by atoms with Crippen LogP contribution in [0.5, 0.6) is 0 Å². The smallest absolute Gasteiger partial charge is 0.309 e. The first-order valence-corrected chi connectivity index (χ1v) is 8.24. The molecule has 0 heterocycles. The minimum absolute atomic E-state index is 0.193. The quantitative estimate of drug-likeness (QED) is 0.386. The third kappa shape index (κ3) is 5.04. The van der Waals surface area contributed by atoms with Crippen molar-refractivity contribution in [1.82, 2.24) is 0 Å². The molecule has 0 rings (SSSR count). The number of hydrogen-bond acceptors (Lipinski definition) is 6. The van der Waals surface area contributed by atoms with E-state index in [1.165, 1.54) is 13.8 Å². The topological polar surface area (TPSA) is 87.9 Å². The highest BCUT2D eigenvalue weighted by molar-refractivity contribution is 7.54. The van der Waals surface area contributed by atoms with Gasteiger partial charge in [0, 0.05) is 0 Å². The fourth-order valence-electron chi connectivity index (χ4n) is 2.69. The van der Waals surface area contributed by atoms with Gasteiger partial charge in [-0.1, -0.05) is 20.8 Å². The van der Waals surface area contributed by atoms with Gasteiger partial charge in [0.1, 0.15) is 5.60 Å². The number of rotatable bonds is 8. The Kier molecular flexibility index (Phi) is 6.65. The maximum Gasteiger partial charge on any atom is 0.336 e. The maximum absolute atomic E-state index is 13.0. The SMILES string of the molecule is CCOP(=O)(OCC)C(C(C)(C)C)C(C)(C)O[N+](=O)[O-]. The predicted octanol–water partition coefficient (Wildman–Crippen LogP) is 3.65. The highest BCUT2D eigenvalue weighted by atomic mass is 31.2. The van der Waals surface area contributed by atoms with E-state index in [0.29, 0.717) is 0 Å². The van der Waals surface area contributed by atoms with Crippen molar-refractivity contribution in [2.45, 2.75) is 59.7 Å². The van der Waals surface area contributed by atoms with E-state index >= 15 is 0 Å². The van der Waals surface area contributed by atoms with Gasteiger partial charge in [-0.25, -0.2) is 0 Å². The highest BCUT2D eigenvalue weighted by Crippen LogP contribution is 2.62. The molecule has 0 amide bonds. The molecular formula is C12H26NO6P. The second kappa shape index (κ2) is 6.87. The molecule has 0 radical (unpaired) electrons. The van der Waals surface area contributed by atoms with Crippen molar-refractivity contribution >= 4 is 7.60 Å². The van der Waals surface area contributed by atoms with Crippen LogP contribution in [0.1, 0.15) is 48.5 Å². The van der Waals surface area contributed by atoms with Crippen molar-refractivity contribution < 1.29 is 23.5 Å². The maximum atomic E-state index is 13.0. The lowest BCUT2D eigenvalue weighted by molar-refractivity contribution is -0.779. The Morgan fingerprint density at radius 1 is 1.10 bits per heavy atom. The van der Waals surface area contributed by atoms with Gasteiger partial charge in [0.25, 0.3) is 5.09 Å². The van der Waals surface area contributed by atoms with Crippen LogP contribution in [0.15, 0.2) is 0 Å². The van der Waals surface area contributed by atoms with E-state index in [2.05, 4.69) is 0 Å². The van der Waals surface area contributed by atoms with Crippen LogP contribution in [-0.4, -0.2) is 29.6 Å². The molecule has 0 aromatic carbocycles. The average molecular weight is 311 g/mol. The van der Waals surface area contributed by atoms with E-state index in [1.54, 1.807) is 13.8 Å². The largest absolute Gasteiger partial charge is 0.336 e. The Labute approximate surface area is 120 Å². The Balaban J connectivity index is 5.77. The van der Waals surface area contributed by atoms with Crippen molar-refractivity contribution in [3.05, 3.63) is 10.1 Å². The predicted molar refractivity (Wildman–Crippen MR) is 76.3 cm³/mol. The number of hydrogen-bond donors (Lipinski definition) is 0. The van der Waals surface area contributed by atoms with Gasteiger partial charge < -0.3 is 13.9 Å². The first kappa shape index (κ1) is 19.4. The van der Waals surface area contributed by atoms with Crippen molar-refractivity contribution in [3.8, 4) is 0 Å². The Hall–Kier alpha value is -0.650. The van der Waals surface area contributed by atoms with E-state index in [0.717, 1.165) is 0 Å². The Morgan fingerprint density at radius 3 is 1.75 bits per heavy atom. The third-order valence-corrected chi connectivity index (χ3v) is 5.99. The molecule has 120 valence electrons. The molecule has 0 saturated carbocycles. The van der Waals surface area contributed by atoms with Gasteiger partial charge in [-0.3, -0.25) is 4.57 Å². The summed E-state index contributed by atoms with van der Waals surface area (Å²) in [5.41, 5.74) is -2.66. The zero-order chi connectivity index (χ0) is 16.2. The molecule has 0 aliphatic heterocycles. The lowest BCUT2D eigenvalue weighted by Gasteiger charge is -2.43. The number of nitrogens with zero attached hydrogens (tertiary/aromatic N) is 1. The second-order valence-electron chi connectivity index (χ2n) is 6.06. The third-order valence-electron chi connectivity index (χ3n) is 2.72. The summed E-state index contributed by atoms with van der Waals surface area (Å²) in [6, 6.07) is 0. The molecule has 0 fully saturated rings. The van der Waals surface area contributed by atoms with Crippen molar-refractivity contribution in [2.75, 3.05) is 13.2 Å². The highest BCUT2D eigenvalue weighted by Gasteiger charge is 2.54. The van der Waals surface area contributed by atoms with Crippen LogP contribution in [0, 0.1) is 15.5 Å². The van der Waals surface area contributed by atoms with Crippen LogP contribution < -0.4 is 0 Å². The minimum atomic E-state index is -3.56. The second-order valence-corrected chi connectivity index (χ2v) is 8.17. The molecule has 0 aromatic rings. The average Bonchev–Trinajstić information content (AvgIpc) is 2.11. The van der Waals surface area contributed by atoms with E-state index in [4.69, 9.17) is 13.9 Å². The summed E-state index contributed by atoms with van der Waals surface area (Å²) < 4.78 is 23.8. The molecule has 0 N–H and O–H groups in total. The summed E-state index contributed by atoms with van der Waals surface area (Å²) >= 11 is 0. The van der Waals surface area contributed by atoms with Crippen molar-refractivity contribution in [3.63, 3.8) is 0 Å². The van der Waals surface area contributed by atoms with Gasteiger partial charge in [0.15, 0.2) is 0 Å². The van der Waals surface area contributed by atoms with E-state index in [9.17, 15) is 14.7 Å². The van der Waals surface area contributed by atoms with Crippen LogP contribution in [0.4, 0.5) is 0 Å². The monoisotopic (exact) mass is 311 g/mol. The molecule has 0 aromatic heterocycles. The molecule has 0 saturated heterocycles. The molecule has 8 heteroatoms. The molecule has 1 unspecified atom stereocenters. The minimum Gasteiger partial charge on any atom is -0.309 e. The summed E-state index contributed by atoms with van der Waals surface area (Å²) in [5, 5.41) is 9.83. The van der Waals surface area contributed by atoms with Crippen LogP contribution in [0.3, 0.4) is 0 Å². The fourth-order valence-corrected chi connectivity index (χ4v) is 5.54. The summed E-state index contributed by atoms with van der Waals surface area (Å²) in [6.07, 6.45) is 0. The van der Waals surface area contributed by atoms with Gasteiger partial charge in [-0.15, -0.1) is 10.1 Å². The molecule has 0 aliphatic rings. The van der Waals surface area contributed by atoms with E-state index < -0.39 is 29.4 Å². The van der Waals surface area contributed by atoms with Crippen LogP contribution in [0.25, 0.3) is 0 Å². The molecule has 1 atom stereocenters. The van der Waals surface area contributed by atoms with Gasteiger partial charge in [0.05, 0.1) is 18.9 Å². The van der Waals surface area contributed by atoms with Crippen LogP contribution in [0.2, 0.25) is 0 Å². The summed E-state index contributed by atoms with van der Waals surface area (Å²) in [7, 11) is -3.56. The summed E-state index contributed by atoms with van der Waals surface area (Å²) in [4.78, 5) is 15.5. The van der Waals surface area contributed by atoms with Crippen molar-refractivity contribution in [1.29, 1.82) is 0 Å². The molecule has 0 spiro atoms. The Bertz CT molecular complexity index is 367. The molecule has 0 aliphatic carbocycles. The molecular weight excluding hydrogens is 285 g/mol. The molecule has 20 heavy (non-hydrogen) atoms. The standard InChI is InChI=1S/C12H26NO6P/c1-8-17-20(16,18-9-2)10(11(3,4)5)12(6,7)19-13(14)15/h10H,8-9H2,1-7H3. The van der Waals surface area contributed by atoms with Gasteiger partial charge in [-0.05, 0) is 33.1 Å². The lowest BCUT2D eigenvalue weighted by atomic mass is 9.83. The van der Waals surface area contributed by atoms with Crippen LogP contribution >= 0.6 is 7.60 Å². The summed E-state index contributed by atoms with van der Waals surface area (Å²) in [6.45, 7) is 12.3. The van der Waals surface area contributed by atoms with E-state index in [-0.39, 0.29) is 13.2 Å². The zero-order valence-corrected chi connectivity index (χ0v) is 14.2.